The van der Waals surface area contributed by atoms with Gasteiger partial charge in [-0.1, -0.05) is 36.2 Å². The molecule has 0 saturated heterocycles. The predicted molar refractivity (Wildman–Crippen MR) is 98.9 cm³/mol. The number of hydrogen-bond donors (Lipinski definition) is 3. The van der Waals surface area contributed by atoms with Gasteiger partial charge >= 0.3 is 0 Å². The highest BCUT2D eigenvalue weighted by Crippen LogP contribution is 2.29. The van der Waals surface area contributed by atoms with Crippen molar-refractivity contribution in [3.8, 4) is 0 Å². The molecule has 2 amide bonds. The Morgan fingerprint density at radius 3 is 2.25 bits per heavy atom. The Morgan fingerprint density at radius 1 is 0.917 bits per heavy atom. The lowest BCUT2D eigenvalue weighted by molar-refractivity contribution is -0.116. The quantitative estimate of drug-likeness (QED) is 0.710. The number of nitrogens with one attached hydrogen (secondary N) is 3. The molecule has 0 radical (unpaired) electrons. The van der Waals surface area contributed by atoms with E-state index in [1.807, 2.05) is 0 Å². The maximum atomic E-state index is 12.0. The Labute approximate surface area is 150 Å². The SMILES string of the molecule is CCC(=O)Nc1ccc(NCC(=O)Nc2cccc(Cl)c2Cl)cc1. The van der Waals surface area contributed by atoms with Crippen molar-refractivity contribution >= 4 is 52.1 Å². The molecule has 24 heavy (non-hydrogen) atoms. The van der Waals surface area contributed by atoms with Crippen LogP contribution in [-0.4, -0.2) is 18.4 Å². The number of carbonyl (C=O) groups excluding carboxylic acids is 2. The molecule has 7 heteroatoms. The molecule has 126 valence electrons. The van der Waals surface area contributed by atoms with Crippen LogP contribution in [0.2, 0.25) is 10.0 Å². The molecule has 3 N–H and O–H groups in total. The fourth-order valence-electron chi connectivity index (χ4n) is 1.90. The highest BCUT2D eigenvalue weighted by atomic mass is 35.5. The van der Waals surface area contributed by atoms with Crippen LogP contribution in [0.15, 0.2) is 42.5 Å². The smallest absolute Gasteiger partial charge is 0.243 e. The molecule has 0 aliphatic rings. The van der Waals surface area contributed by atoms with Crippen LogP contribution in [0.3, 0.4) is 0 Å². The van der Waals surface area contributed by atoms with Gasteiger partial charge in [0, 0.05) is 17.8 Å². The Morgan fingerprint density at radius 2 is 1.58 bits per heavy atom. The molecule has 0 aliphatic heterocycles. The van der Waals surface area contributed by atoms with Crippen LogP contribution >= 0.6 is 23.2 Å². The van der Waals surface area contributed by atoms with Crippen LogP contribution in [0.25, 0.3) is 0 Å². The van der Waals surface area contributed by atoms with Gasteiger partial charge < -0.3 is 16.0 Å². The molecule has 0 aliphatic carbocycles. The molecule has 5 nitrogen and oxygen atoms in total. The second kappa shape index (κ2) is 8.57. The molecular weight excluding hydrogens is 349 g/mol. The number of rotatable bonds is 6. The normalized spacial score (nSPS) is 10.1. The first-order valence-corrected chi connectivity index (χ1v) is 8.13. The third kappa shape index (κ3) is 5.15. The first-order chi connectivity index (χ1) is 11.5. The number of halogens is 2. The van der Waals surface area contributed by atoms with Crippen LogP contribution in [0.5, 0.6) is 0 Å². The third-order valence-corrected chi connectivity index (χ3v) is 3.99. The molecule has 2 aromatic carbocycles. The number of benzene rings is 2. The van der Waals surface area contributed by atoms with Gasteiger partial charge in [0.1, 0.15) is 0 Å². The summed E-state index contributed by atoms with van der Waals surface area (Å²) in [5.74, 6) is -0.295. The van der Waals surface area contributed by atoms with Crippen LogP contribution in [-0.2, 0) is 9.59 Å². The fourth-order valence-corrected chi connectivity index (χ4v) is 2.25. The van der Waals surface area contributed by atoms with Gasteiger partial charge in [0.25, 0.3) is 0 Å². The standard InChI is InChI=1S/C17H17Cl2N3O2/c1-2-15(23)21-12-8-6-11(7-9-12)20-10-16(24)22-14-5-3-4-13(18)17(14)19/h3-9,20H,2,10H2,1H3,(H,21,23)(H,22,24). The van der Waals surface area contributed by atoms with E-state index < -0.39 is 0 Å². The minimum absolute atomic E-state index is 0.0477. The van der Waals surface area contributed by atoms with E-state index in [2.05, 4.69) is 16.0 Å². The average molecular weight is 366 g/mol. The van der Waals surface area contributed by atoms with E-state index in [9.17, 15) is 9.59 Å². The molecule has 0 saturated carbocycles. The highest BCUT2D eigenvalue weighted by Gasteiger charge is 2.08. The molecule has 0 fully saturated rings. The molecule has 0 spiro atoms. The Balaban J connectivity index is 1.87. The summed E-state index contributed by atoms with van der Waals surface area (Å²) in [6, 6.07) is 12.1. The third-order valence-electron chi connectivity index (χ3n) is 3.17. The van der Waals surface area contributed by atoms with Gasteiger partial charge in [0.2, 0.25) is 11.8 Å². The van der Waals surface area contributed by atoms with Crippen LogP contribution in [0, 0.1) is 0 Å². The van der Waals surface area contributed by atoms with Gasteiger partial charge in [0.15, 0.2) is 0 Å². The molecular formula is C17H17Cl2N3O2. The largest absolute Gasteiger partial charge is 0.376 e. The van der Waals surface area contributed by atoms with Crippen LogP contribution in [0.1, 0.15) is 13.3 Å². The summed E-state index contributed by atoms with van der Waals surface area (Å²) >= 11 is 11.9. The van der Waals surface area contributed by atoms with E-state index in [1.54, 1.807) is 49.4 Å². The Kier molecular flexibility index (Phi) is 6.46. The van der Waals surface area contributed by atoms with Crippen molar-refractivity contribution in [1.82, 2.24) is 0 Å². The summed E-state index contributed by atoms with van der Waals surface area (Å²) in [4.78, 5) is 23.3. The van der Waals surface area contributed by atoms with E-state index in [0.29, 0.717) is 27.8 Å². The van der Waals surface area contributed by atoms with E-state index in [4.69, 9.17) is 23.2 Å². The zero-order valence-electron chi connectivity index (χ0n) is 13.0. The first-order valence-electron chi connectivity index (χ1n) is 7.37. The average Bonchev–Trinajstić information content (AvgIpc) is 2.58. The zero-order chi connectivity index (χ0) is 17.5. The van der Waals surface area contributed by atoms with Crippen molar-refractivity contribution < 1.29 is 9.59 Å². The molecule has 0 bridgehead atoms. The van der Waals surface area contributed by atoms with Gasteiger partial charge in [-0.15, -0.1) is 0 Å². The number of hydrogen-bond acceptors (Lipinski definition) is 3. The van der Waals surface area contributed by atoms with E-state index in [-0.39, 0.29) is 18.4 Å². The molecule has 2 aromatic rings. The van der Waals surface area contributed by atoms with Gasteiger partial charge in [-0.25, -0.2) is 0 Å². The van der Waals surface area contributed by atoms with E-state index in [1.165, 1.54) is 0 Å². The van der Waals surface area contributed by atoms with E-state index >= 15 is 0 Å². The summed E-state index contributed by atoms with van der Waals surface area (Å²) in [7, 11) is 0. The second-order valence-corrected chi connectivity index (χ2v) is 5.77. The molecule has 0 aromatic heterocycles. The van der Waals surface area contributed by atoms with Crippen LogP contribution < -0.4 is 16.0 Å². The number of amides is 2. The second-order valence-electron chi connectivity index (χ2n) is 4.98. The minimum Gasteiger partial charge on any atom is -0.376 e. The van der Waals surface area contributed by atoms with E-state index in [0.717, 1.165) is 5.69 Å². The fraction of sp³-hybridized carbons (Fsp3) is 0.176. The van der Waals surface area contributed by atoms with Crippen LogP contribution in [0.4, 0.5) is 17.1 Å². The Hall–Kier alpha value is -2.24. The topological polar surface area (TPSA) is 70.2 Å². The van der Waals surface area contributed by atoms with Crippen molar-refractivity contribution in [1.29, 1.82) is 0 Å². The van der Waals surface area contributed by atoms with Crippen molar-refractivity contribution in [3.05, 3.63) is 52.5 Å². The summed E-state index contributed by atoms with van der Waals surface area (Å²) in [6.45, 7) is 1.86. The van der Waals surface area contributed by atoms with Gasteiger partial charge in [-0.2, -0.15) is 0 Å². The first kappa shape index (κ1) is 18.1. The highest BCUT2D eigenvalue weighted by molar-refractivity contribution is 6.44. The summed E-state index contributed by atoms with van der Waals surface area (Å²) in [5, 5.41) is 9.13. The van der Waals surface area contributed by atoms with Gasteiger partial charge in [0.05, 0.1) is 22.3 Å². The lowest BCUT2D eigenvalue weighted by Gasteiger charge is -2.10. The molecule has 0 atom stereocenters. The zero-order valence-corrected chi connectivity index (χ0v) is 14.5. The molecule has 2 rings (SSSR count). The van der Waals surface area contributed by atoms with Gasteiger partial charge in [-0.05, 0) is 36.4 Å². The maximum Gasteiger partial charge on any atom is 0.243 e. The van der Waals surface area contributed by atoms with Crippen molar-refractivity contribution in [3.63, 3.8) is 0 Å². The number of anilines is 3. The van der Waals surface area contributed by atoms with Crippen molar-refractivity contribution in [2.75, 3.05) is 22.5 Å². The Bertz CT molecular complexity index is 733. The lowest BCUT2D eigenvalue weighted by atomic mass is 10.2. The predicted octanol–water partition coefficient (Wildman–Crippen LogP) is 4.39. The summed E-state index contributed by atoms with van der Waals surface area (Å²) in [6.07, 6.45) is 0.423. The maximum absolute atomic E-state index is 12.0. The summed E-state index contributed by atoms with van der Waals surface area (Å²) in [5.41, 5.74) is 1.94. The van der Waals surface area contributed by atoms with Gasteiger partial charge in [-0.3, -0.25) is 9.59 Å². The van der Waals surface area contributed by atoms with Crippen molar-refractivity contribution in [2.45, 2.75) is 13.3 Å². The summed E-state index contributed by atoms with van der Waals surface area (Å²) < 4.78 is 0. The monoisotopic (exact) mass is 365 g/mol. The molecule has 0 unspecified atom stereocenters. The van der Waals surface area contributed by atoms with Crippen molar-refractivity contribution in [2.24, 2.45) is 0 Å². The minimum atomic E-state index is -0.248. The number of carbonyl (C=O) groups is 2. The lowest BCUT2D eigenvalue weighted by Crippen LogP contribution is -2.21. The molecule has 0 heterocycles.